The SMILES string of the molecule is CCCC(=O)Oc1c(Br)cc(/C=C2\N=C(c3ccccc3F)OC2=O)cc1OC. The molecular formula is C21H17BrFNO5. The van der Waals surface area contributed by atoms with Crippen LogP contribution in [0.4, 0.5) is 4.39 Å². The van der Waals surface area contributed by atoms with Crippen LogP contribution in [0, 0.1) is 5.82 Å². The van der Waals surface area contributed by atoms with Crippen LogP contribution in [0.15, 0.2) is 51.6 Å². The number of hydrogen-bond donors (Lipinski definition) is 0. The van der Waals surface area contributed by atoms with Gasteiger partial charge in [-0.15, -0.1) is 0 Å². The first-order valence-electron chi connectivity index (χ1n) is 8.78. The van der Waals surface area contributed by atoms with Crippen molar-refractivity contribution in [3.8, 4) is 11.5 Å². The molecule has 0 N–H and O–H groups in total. The van der Waals surface area contributed by atoms with Gasteiger partial charge in [-0.3, -0.25) is 4.79 Å². The van der Waals surface area contributed by atoms with E-state index >= 15 is 0 Å². The highest BCUT2D eigenvalue weighted by atomic mass is 79.9. The first-order valence-corrected chi connectivity index (χ1v) is 9.58. The van der Waals surface area contributed by atoms with Gasteiger partial charge in [0.05, 0.1) is 17.1 Å². The van der Waals surface area contributed by atoms with Crippen LogP contribution in [-0.2, 0) is 14.3 Å². The summed E-state index contributed by atoms with van der Waals surface area (Å²) >= 11 is 3.35. The van der Waals surface area contributed by atoms with Crippen molar-refractivity contribution in [3.05, 3.63) is 63.5 Å². The summed E-state index contributed by atoms with van der Waals surface area (Å²) in [6, 6.07) is 9.13. The molecule has 0 bridgehead atoms. The van der Waals surface area contributed by atoms with E-state index in [0.29, 0.717) is 22.2 Å². The number of halogens is 2. The molecule has 0 fully saturated rings. The molecule has 6 nitrogen and oxygen atoms in total. The van der Waals surface area contributed by atoms with E-state index < -0.39 is 11.8 Å². The largest absolute Gasteiger partial charge is 0.493 e. The van der Waals surface area contributed by atoms with Crippen LogP contribution >= 0.6 is 15.9 Å². The maximum Gasteiger partial charge on any atom is 0.363 e. The summed E-state index contributed by atoms with van der Waals surface area (Å²) in [6.45, 7) is 1.87. The first kappa shape index (κ1) is 20.7. The molecule has 0 spiro atoms. The average Bonchev–Trinajstić information content (AvgIpc) is 3.04. The Morgan fingerprint density at radius 1 is 1.31 bits per heavy atom. The molecule has 0 atom stereocenters. The molecule has 0 amide bonds. The van der Waals surface area contributed by atoms with Crippen LogP contribution in [0.2, 0.25) is 0 Å². The van der Waals surface area contributed by atoms with Crippen molar-refractivity contribution in [2.24, 2.45) is 4.99 Å². The van der Waals surface area contributed by atoms with Gasteiger partial charge in [-0.2, -0.15) is 0 Å². The number of methoxy groups -OCH3 is 1. The Morgan fingerprint density at radius 3 is 2.76 bits per heavy atom. The molecule has 2 aromatic rings. The van der Waals surface area contributed by atoms with Gasteiger partial charge in [0.1, 0.15) is 5.82 Å². The fourth-order valence-electron chi connectivity index (χ4n) is 2.61. The third kappa shape index (κ3) is 4.71. The highest BCUT2D eigenvalue weighted by Gasteiger charge is 2.26. The van der Waals surface area contributed by atoms with Crippen LogP contribution in [-0.4, -0.2) is 24.9 Å². The number of carbonyl (C=O) groups is 2. The smallest absolute Gasteiger partial charge is 0.363 e. The number of nitrogens with zero attached hydrogens (tertiary/aromatic N) is 1. The Labute approximate surface area is 175 Å². The number of esters is 2. The monoisotopic (exact) mass is 461 g/mol. The van der Waals surface area contributed by atoms with Crippen molar-refractivity contribution in [2.75, 3.05) is 7.11 Å². The lowest BCUT2D eigenvalue weighted by Gasteiger charge is -2.12. The summed E-state index contributed by atoms with van der Waals surface area (Å²) in [5, 5.41) is 0. The molecule has 0 aliphatic carbocycles. The maximum atomic E-state index is 13.9. The lowest BCUT2D eigenvalue weighted by molar-refractivity contribution is -0.134. The topological polar surface area (TPSA) is 74.2 Å². The van der Waals surface area contributed by atoms with Gasteiger partial charge in [-0.1, -0.05) is 19.1 Å². The summed E-state index contributed by atoms with van der Waals surface area (Å²) in [6.07, 6.45) is 2.41. The van der Waals surface area contributed by atoms with Crippen molar-refractivity contribution in [1.29, 1.82) is 0 Å². The molecule has 0 aromatic heterocycles. The third-order valence-corrected chi connectivity index (χ3v) is 4.54. The summed E-state index contributed by atoms with van der Waals surface area (Å²) in [4.78, 5) is 28.1. The van der Waals surface area contributed by atoms with E-state index in [1.807, 2.05) is 6.92 Å². The van der Waals surface area contributed by atoms with Gasteiger partial charge in [0.2, 0.25) is 5.90 Å². The molecule has 1 aliphatic heterocycles. The fourth-order valence-corrected chi connectivity index (χ4v) is 3.15. The van der Waals surface area contributed by atoms with Gasteiger partial charge < -0.3 is 14.2 Å². The predicted octanol–water partition coefficient (Wildman–Crippen LogP) is 4.65. The number of rotatable bonds is 6. The number of carbonyl (C=O) groups excluding carboxylic acids is 2. The van der Waals surface area contributed by atoms with Gasteiger partial charge in [-0.05, 0) is 58.3 Å². The van der Waals surface area contributed by atoms with E-state index in [-0.39, 0.29) is 35.3 Å². The van der Waals surface area contributed by atoms with Crippen LogP contribution < -0.4 is 9.47 Å². The summed E-state index contributed by atoms with van der Waals surface area (Å²) in [7, 11) is 1.44. The number of benzene rings is 2. The van der Waals surface area contributed by atoms with E-state index in [4.69, 9.17) is 14.2 Å². The Balaban J connectivity index is 1.94. The van der Waals surface area contributed by atoms with Crippen LogP contribution in [0.25, 0.3) is 6.08 Å². The second-order valence-corrected chi connectivity index (χ2v) is 6.93. The van der Waals surface area contributed by atoms with E-state index in [0.717, 1.165) is 0 Å². The second-order valence-electron chi connectivity index (χ2n) is 6.07. The zero-order valence-electron chi connectivity index (χ0n) is 15.7. The molecule has 8 heteroatoms. The van der Waals surface area contributed by atoms with Gasteiger partial charge >= 0.3 is 11.9 Å². The Bertz CT molecular complexity index is 1030. The van der Waals surface area contributed by atoms with Crippen molar-refractivity contribution in [3.63, 3.8) is 0 Å². The maximum absolute atomic E-state index is 13.9. The van der Waals surface area contributed by atoms with Gasteiger partial charge in [0, 0.05) is 6.42 Å². The number of ether oxygens (including phenoxy) is 3. The van der Waals surface area contributed by atoms with Crippen molar-refractivity contribution >= 4 is 39.8 Å². The molecule has 0 saturated heterocycles. The highest BCUT2D eigenvalue weighted by molar-refractivity contribution is 9.10. The third-order valence-electron chi connectivity index (χ3n) is 3.95. The minimum Gasteiger partial charge on any atom is -0.493 e. The van der Waals surface area contributed by atoms with Crippen LogP contribution in [0.3, 0.4) is 0 Å². The van der Waals surface area contributed by atoms with Gasteiger partial charge in [0.25, 0.3) is 0 Å². The molecule has 0 saturated carbocycles. The standard InChI is InChI=1S/C21H17BrFNO5/c1-3-6-18(25)28-19-14(22)9-12(11-17(19)27-2)10-16-21(26)29-20(24-16)13-7-4-5-8-15(13)23/h4-5,7-11H,3,6H2,1-2H3/b16-10-. The summed E-state index contributed by atoms with van der Waals surface area (Å²) in [5.41, 5.74) is 0.656. The van der Waals surface area contributed by atoms with Crippen LogP contribution in [0.5, 0.6) is 11.5 Å². The first-order chi connectivity index (χ1) is 13.9. The molecular weight excluding hydrogens is 445 g/mol. The summed E-state index contributed by atoms with van der Waals surface area (Å²) in [5.74, 6) is -1.16. The van der Waals surface area contributed by atoms with E-state index in [1.54, 1.807) is 18.2 Å². The zero-order chi connectivity index (χ0) is 21.0. The quantitative estimate of drug-likeness (QED) is 0.355. The lowest BCUT2D eigenvalue weighted by Crippen LogP contribution is -2.08. The van der Waals surface area contributed by atoms with Crippen molar-refractivity contribution < 1.29 is 28.2 Å². The lowest BCUT2D eigenvalue weighted by atomic mass is 10.1. The molecule has 1 aliphatic rings. The number of aliphatic imine (C=N–C) groups is 1. The average molecular weight is 462 g/mol. The molecule has 0 unspecified atom stereocenters. The number of cyclic esters (lactones) is 1. The normalized spacial score (nSPS) is 14.6. The molecule has 150 valence electrons. The molecule has 3 rings (SSSR count). The highest BCUT2D eigenvalue weighted by Crippen LogP contribution is 2.38. The van der Waals surface area contributed by atoms with Crippen molar-refractivity contribution in [2.45, 2.75) is 19.8 Å². The van der Waals surface area contributed by atoms with E-state index in [1.165, 1.54) is 31.4 Å². The molecule has 2 aromatic carbocycles. The Morgan fingerprint density at radius 2 is 2.07 bits per heavy atom. The van der Waals surface area contributed by atoms with E-state index in [9.17, 15) is 14.0 Å². The van der Waals surface area contributed by atoms with Crippen LogP contribution in [0.1, 0.15) is 30.9 Å². The molecule has 1 heterocycles. The fraction of sp³-hybridized carbons (Fsp3) is 0.190. The van der Waals surface area contributed by atoms with Crippen molar-refractivity contribution in [1.82, 2.24) is 0 Å². The predicted molar refractivity (Wildman–Crippen MR) is 108 cm³/mol. The summed E-state index contributed by atoms with van der Waals surface area (Å²) < 4.78 is 30.1. The minimum absolute atomic E-state index is 0.00735. The molecule has 0 radical (unpaired) electrons. The zero-order valence-corrected chi connectivity index (χ0v) is 17.3. The number of hydrogen-bond acceptors (Lipinski definition) is 6. The Hall–Kier alpha value is -3.00. The minimum atomic E-state index is -0.697. The second kappa shape index (κ2) is 9.00. The Kier molecular flexibility index (Phi) is 6.43. The van der Waals surface area contributed by atoms with Gasteiger partial charge in [-0.25, -0.2) is 14.2 Å². The van der Waals surface area contributed by atoms with Gasteiger partial charge in [0.15, 0.2) is 17.2 Å². The van der Waals surface area contributed by atoms with E-state index in [2.05, 4.69) is 20.9 Å². The molecule has 29 heavy (non-hydrogen) atoms.